The van der Waals surface area contributed by atoms with E-state index in [2.05, 4.69) is 4.98 Å². The zero-order valence-electron chi connectivity index (χ0n) is 5.92. The molecule has 0 aliphatic carbocycles. The first kappa shape index (κ1) is 5.71. The van der Waals surface area contributed by atoms with Crippen molar-refractivity contribution in [2.45, 2.75) is 13.3 Å². The molecule has 52 valence electrons. The van der Waals surface area contributed by atoms with E-state index in [0.29, 0.717) is 0 Å². The zero-order chi connectivity index (χ0) is 6.97. The first-order valence-electron chi connectivity index (χ1n) is 3.45. The number of hydrogen-bond acceptors (Lipinski definition) is 2. The van der Waals surface area contributed by atoms with Crippen LogP contribution in [0.25, 0.3) is 0 Å². The Labute approximate surface area is 59.9 Å². The van der Waals surface area contributed by atoms with Crippen LogP contribution < -0.4 is 4.74 Å². The van der Waals surface area contributed by atoms with Crippen molar-refractivity contribution >= 4 is 0 Å². The fraction of sp³-hybridized carbons (Fsp3) is 0.375. The number of ether oxygens (including phenoxy) is 1. The Morgan fingerprint density at radius 3 is 3.30 bits per heavy atom. The van der Waals surface area contributed by atoms with Crippen LogP contribution in [0.15, 0.2) is 12.1 Å². The molecule has 0 bridgehead atoms. The van der Waals surface area contributed by atoms with E-state index in [-0.39, 0.29) is 0 Å². The van der Waals surface area contributed by atoms with Gasteiger partial charge in [0, 0.05) is 12.1 Å². The summed E-state index contributed by atoms with van der Waals surface area (Å²) in [5.74, 6) is 0.964. The van der Waals surface area contributed by atoms with E-state index < -0.39 is 0 Å². The van der Waals surface area contributed by atoms with Crippen molar-refractivity contribution in [3.05, 3.63) is 23.5 Å². The summed E-state index contributed by atoms with van der Waals surface area (Å²) in [5.41, 5.74) is 2.18. The lowest BCUT2D eigenvalue weighted by molar-refractivity contribution is 0.357. The molecule has 2 nitrogen and oxygen atoms in total. The first-order valence-corrected chi connectivity index (χ1v) is 3.45. The topological polar surface area (TPSA) is 22.1 Å². The largest absolute Gasteiger partial charge is 0.491 e. The van der Waals surface area contributed by atoms with E-state index in [1.54, 1.807) is 0 Å². The molecular weight excluding hydrogens is 126 g/mol. The summed E-state index contributed by atoms with van der Waals surface area (Å²) in [5, 5.41) is 0. The Morgan fingerprint density at radius 1 is 1.50 bits per heavy atom. The summed E-state index contributed by atoms with van der Waals surface area (Å²) in [7, 11) is 0. The summed E-state index contributed by atoms with van der Waals surface area (Å²) in [6, 6.07) is 3.97. The molecule has 0 amide bonds. The number of hydrogen-bond donors (Lipinski definition) is 0. The van der Waals surface area contributed by atoms with Crippen LogP contribution in [0.3, 0.4) is 0 Å². The van der Waals surface area contributed by atoms with Crippen LogP contribution in [-0.4, -0.2) is 11.6 Å². The van der Waals surface area contributed by atoms with Crippen LogP contribution in [0.1, 0.15) is 11.4 Å². The molecule has 2 heterocycles. The standard InChI is InChI=1S/C8H9NO/c1-6-2-3-8-7(9-6)4-5-10-8/h2-3H,4-5H2,1H3. The third-order valence-corrected chi connectivity index (χ3v) is 1.67. The van der Waals surface area contributed by atoms with Gasteiger partial charge in [0.15, 0.2) is 0 Å². The van der Waals surface area contributed by atoms with Gasteiger partial charge >= 0.3 is 0 Å². The van der Waals surface area contributed by atoms with Gasteiger partial charge in [-0.1, -0.05) is 0 Å². The lowest BCUT2D eigenvalue weighted by Crippen LogP contribution is -1.86. The molecule has 10 heavy (non-hydrogen) atoms. The molecule has 0 saturated heterocycles. The highest BCUT2D eigenvalue weighted by molar-refractivity contribution is 5.31. The van der Waals surface area contributed by atoms with Crippen LogP contribution in [0.2, 0.25) is 0 Å². The Hall–Kier alpha value is -1.05. The highest BCUT2D eigenvalue weighted by Crippen LogP contribution is 2.22. The van der Waals surface area contributed by atoms with Gasteiger partial charge in [-0.15, -0.1) is 0 Å². The molecule has 0 unspecified atom stereocenters. The molecule has 0 aromatic carbocycles. The lowest BCUT2D eigenvalue weighted by atomic mass is 10.3. The molecule has 1 aromatic heterocycles. The Morgan fingerprint density at radius 2 is 2.40 bits per heavy atom. The van der Waals surface area contributed by atoms with Gasteiger partial charge in [-0.25, -0.2) is 0 Å². The van der Waals surface area contributed by atoms with Crippen LogP contribution >= 0.6 is 0 Å². The molecule has 0 radical (unpaired) electrons. The predicted molar refractivity (Wildman–Crippen MR) is 38.2 cm³/mol. The molecule has 2 rings (SSSR count). The van der Waals surface area contributed by atoms with Gasteiger partial charge in [0.25, 0.3) is 0 Å². The molecule has 0 N–H and O–H groups in total. The van der Waals surface area contributed by atoms with E-state index in [4.69, 9.17) is 4.74 Å². The number of fused-ring (bicyclic) bond motifs is 1. The van der Waals surface area contributed by atoms with Crippen LogP contribution in [0.4, 0.5) is 0 Å². The summed E-state index contributed by atoms with van der Waals surface area (Å²) in [6.45, 7) is 2.80. The van der Waals surface area contributed by atoms with Crippen molar-refractivity contribution in [1.82, 2.24) is 4.98 Å². The summed E-state index contributed by atoms with van der Waals surface area (Å²) < 4.78 is 5.29. The molecule has 2 heteroatoms. The molecule has 1 aliphatic rings. The maximum atomic E-state index is 5.29. The van der Waals surface area contributed by atoms with Crippen LogP contribution in [0, 0.1) is 6.92 Å². The quantitative estimate of drug-likeness (QED) is 0.535. The van der Waals surface area contributed by atoms with Gasteiger partial charge in [-0.2, -0.15) is 0 Å². The summed E-state index contributed by atoms with van der Waals surface area (Å²) in [6.07, 6.45) is 0.969. The Bertz CT molecular complexity index is 257. The summed E-state index contributed by atoms with van der Waals surface area (Å²) >= 11 is 0. The van der Waals surface area contributed by atoms with Crippen LogP contribution in [0.5, 0.6) is 5.75 Å². The van der Waals surface area contributed by atoms with Gasteiger partial charge in [0.1, 0.15) is 5.75 Å². The van der Waals surface area contributed by atoms with E-state index in [1.165, 1.54) is 0 Å². The van der Waals surface area contributed by atoms with Crippen molar-refractivity contribution in [2.75, 3.05) is 6.61 Å². The second kappa shape index (κ2) is 1.97. The maximum Gasteiger partial charge on any atom is 0.140 e. The number of nitrogens with zero attached hydrogens (tertiary/aromatic N) is 1. The first-order chi connectivity index (χ1) is 4.86. The van der Waals surface area contributed by atoms with Crippen molar-refractivity contribution in [3.63, 3.8) is 0 Å². The third-order valence-electron chi connectivity index (χ3n) is 1.67. The fourth-order valence-corrected chi connectivity index (χ4v) is 1.17. The number of aromatic nitrogens is 1. The highest BCUT2D eigenvalue weighted by atomic mass is 16.5. The molecule has 0 saturated carbocycles. The van der Waals surface area contributed by atoms with Gasteiger partial charge in [-0.05, 0) is 19.1 Å². The normalized spacial score (nSPS) is 14.5. The minimum atomic E-state index is 0.797. The zero-order valence-corrected chi connectivity index (χ0v) is 5.92. The minimum absolute atomic E-state index is 0.797. The second-order valence-corrected chi connectivity index (χ2v) is 2.50. The molecule has 1 aliphatic heterocycles. The molecule has 0 atom stereocenters. The van der Waals surface area contributed by atoms with Crippen molar-refractivity contribution < 1.29 is 4.74 Å². The molecule has 1 aromatic rings. The van der Waals surface area contributed by atoms with Gasteiger partial charge in [0.2, 0.25) is 0 Å². The van der Waals surface area contributed by atoms with E-state index in [9.17, 15) is 0 Å². The molecule has 0 spiro atoms. The third kappa shape index (κ3) is 0.764. The average molecular weight is 135 g/mol. The fourth-order valence-electron chi connectivity index (χ4n) is 1.17. The molecular formula is C8H9NO. The Kier molecular flexibility index (Phi) is 1.13. The number of aryl methyl sites for hydroxylation is 1. The SMILES string of the molecule is Cc1ccc2c(n1)CCO2. The smallest absolute Gasteiger partial charge is 0.140 e. The van der Waals surface area contributed by atoms with E-state index in [0.717, 1.165) is 30.2 Å². The monoisotopic (exact) mass is 135 g/mol. The summed E-state index contributed by atoms with van der Waals surface area (Å²) in [4.78, 5) is 4.33. The van der Waals surface area contributed by atoms with Crippen LogP contribution in [-0.2, 0) is 6.42 Å². The minimum Gasteiger partial charge on any atom is -0.491 e. The molecule has 0 fully saturated rings. The number of pyridine rings is 1. The van der Waals surface area contributed by atoms with E-state index in [1.807, 2.05) is 19.1 Å². The maximum absolute atomic E-state index is 5.29. The van der Waals surface area contributed by atoms with E-state index >= 15 is 0 Å². The van der Waals surface area contributed by atoms with Gasteiger partial charge in [-0.3, -0.25) is 4.98 Å². The van der Waals surface area contributed by atoms with Gasteiger partial charge < -0.3 is 4.74 Å². The number of rotatable bonds is 0. The predicted octanol–water partition coefficient (Wildman–Crippen LogP) is 1.32. The van der Waals surface area contributed by atoms with Crippen molar-refractivity contribution in [3.8, 4) is 5.75 Å². The average Bonchev–Trinajstić information content (AvgIpc) is 2.33. The highest BCUT2D eigenvalue weighted by Gasteiger charge is 2.11. The lowest BCUT2D eigenvalue weighted by Gasteiger charge is -1.96. The van der Waals surface area contributed by atoms with Crippen molar-refractivity contribution in [2.24, 2.45) is 0 Å². The second-order valence-electron chi connectivity index (χ2n) is 2.50. The van der Waals surface area contributed by atoms with Crippen molar-refractivity contribution in [1.29, 1.82) is 0 Å². The van der Waals surface area contributed by atoms with Gasteiger partial charge in [0.05, 0.1) is 12.3 Å². The Balaban J connectivity index is 2.52.